The lowest BCUT2D eigenvalue weighted by Gasteiger charge is -2.09. The average molecular weight is 282 g/mol. The molecule has 104 valence electrons. The van der Waals surface area contributed by atoms with Gasteiger partial charge in [0.2, 0.25) is 5.88 Å². The number of hydrogen-bond acceptors (Lipinski definition) is 4. The summed E-state index contributed by atoms with van der Waals surface area (Å²) in [6, 6.07) is 7.52. The zero-order valence-electron chi connectivity index (χ0n) is 10.0. The van der Waals surface area contributed by atoms with E-state index in [2.05, 4.69) is 10.1 Å². The number of hydrogen-bond donors (Lipinski definition) is 1. The summed E-state index contributed by atoms with van der Waals surface area (Å²) < 4.78 is 42.8. The fourth-order valence-electron chi connectivity index (χ4n) is 1.45. The van der Waals surface area contributed by atoms with Crippen molar-refractivity contribution in [3.63, 3.8) is 0 Å². The molecule has 0 aliphatic carbocycles. The van der Waals surface area contributed by atoms with Gasteiger partial charge in [0, 0.05) is 17.8 Å². The molecule has 0 saturated carbocycles. The monoisotopic (exact) mass is 282 g/mol. The molecule has 1 aromatic heterocycles. The number of halogens is 3. The molecule has 0 atom stereocenters. The van der Waals surface area contributed by atoms with E-state index < -0.39 is 11.7 Å². The number of ether oxygens (including phenoxy) is 1. The Kier molecular flexibility index (Phi) is 3.88. The molecule has 2 aromatic rings. The zero-order valence-corrected chi connectivity index (χ0v) is 10.0. The molecule has 0 unspecified atom stereocenters. The summed E-state index contributed by atoms with van der Waals surface area (Å²) in [7, 11) is 0. The van der Waals surface area contributed by atoms with Crippen molar-refractivity contribution < 1.29 is 23.1 Å². The summed E-state index contributed by atoms with van der Waals surface area (Å²) in [5, 5.41) is 11.2. The highest BCUT2D eigenvalue weighted by atomic mass is 19.4. The quantitative estimate of drug-likeness (QED) is 0.530. The summed E-state index contributed by atoms with van der Waals surface area (Å²) in [5.74, 6) is 0.176. The van der Waals surface area contributed by atoms with Gasteiger partial charge in [-0.05, 0) is 24.3 Å². The van der Waals surface area contributed by atoms with E-state index in [1.54, 1.807) is 6.07 Å². The minimum Gasteiger partial charge on any atom is -0.439 e. The fraction of sp³-hybridized carbons (Fsp3) is 0.0769. The van der Waals surface area contributed by atoms with Crippen molar-refractivity contribution in [1.29, 1.82) is 0 Å². The Labute approximate surface area is 112 Å². The molecule has 0 radical (unpaired) electrons. The maximum Gasteiger partial charge on any atom is 0.416 e. The average Bonchev–Trinajstić information content (AvgIpc) is 2.41. The van der Waals surface area contributed by atoms with Gasteiger partial charge in [-0.25, -0.2) is 4.98 Å². The Morgan fingerprint density at radius 2 is 2.00 bits per heavy atom. The Morgan fingerprint density at radius 3 is 2.60 bits per heavy atom. The van der Waals surface area contributed by atoms with E-state index in [0.717, 1.165) is 12.1 Å². The van der Waals surface area contributed by atoms with Crippen molar-refractivity contribution >= 4 is 6.21 Å². The van der Waals surface area contributed by atoms with Gasteiger partial charge in [0.1, 0.15) is 5.75 Å². The molecule has 0 spiro atoms. The molecule has 2 rings (SSSR count). The summed E-state index contributed by atoms with van der Waals surface area (Å²) >= 11 is 0. The van der Waals surface area contributed by atoms with Crippen LogP contribution in [0.4, 0.5) is 13.2 Å². The van der Waals surface area contributed by atoms with Crippen LogP contribution in [0.5, 0.6) is 11.6 Å². The van der Waals surface area contributed by atoms with Gasteiger partial charge in [-0.2, -0.15) is 13.2 Å². The van der Waals surface area contributed by atoms with E-state index in [0.29, 0.717) is 5.56 Å². The van der Waals surface area contributed by atoms with Crippen molar-refractivity contribution in [2.24, 2.45) is 5.16 Å². The first kappa shape index (κ1) is 13.9. The molecule has 1 aromatic carbocycles. The van der Waals surface area contributed by atoms with E-state index in [-0.39, 0.29) is 11.6 Å². The van der Waals surface area contributed by atoms with Gasteiger partial charge in [0.25, 0.3) is 0 Å². The second-order valence-corrected chi connectivity index (χ2v) is 3.80. The van der Waals surface area contributed by atoms with Gasteiger partial charge in [-0.3, -0.25) is 0 Å². The van der Waals surface area contributed by atoms with Gasteiger partial charge in [-0.15, -0.1) is 0 Å². The number of aromatic nitrogens is 1. The topological polar surface area (TPSA) is 54.7 Å². The number of alkyl halides is 3. The molecule has 0 saturated heterocycles. The zero-order chi connectivity index (χ0) is 14.6. The molecular weight excluding hydrogens is 273 g/mol. The molecule has 0 fully saturated rings. The SMILES string of the molecule is ON=Cc1ccc(Oc2cccc(C(F)(F)F)c2)nc1. The van der Waals surface area contributed by atoms with Crippen molar-refractivity contribution in [3.8, 4) is 11.6 Å². The van der Waals surface area contributed by atoms with Gasteiger partial charge < -0.3 is 9.94 Å². The third-order valence-electron chi connectivity index (χ3n) is 2.35. The molecule has 7 heteroatoms. The number of nitrogens with zero attached hydrogens (tertiary/aromatic N) is 2. The van der Waals surface area contributed by atoms with Crippen LogP contribution in [0.25, 0.3) is 0 Å². The van der Waals surface area contributed by atoms with Crippen LogP contribution in [0.15, 0.2) is 47.8 Å². The van der Waals surface area contributed by atoms with Crippen molar-refractivity contribution in [1.82, 2.24) is 4.98 Å². The Morgan fingerprint density at radius 1 is 1.20 bits per heavy atom. The van der Waals surface area contributed by atoms with Crippen molar-refractivity contribution in [2.75, 3.05) is 0 Å². The lowest BCUT2D eigenvalue weighted by Crippen LogP contribution is -2.04. The van der Waals surface area contributed by atoms with Crippen LogP contribution in [0.1, 0.15) is 11.1 Å². The summed E-state index contributed by atoms with van der Waals surface area (Å²) in [6.07, 6.45) is -1.89. The van der Waals surface area contributed by atoms with E-state index >= 15 is 0 Å². The van der Waals surface area contributed by atoms with Crippen LogP contribution in [0, 0.1) is 0 Å². The normalized spacial score (nSPS) is 11.8. The Balaban J connectivity index is 2.17. The largest absolute Gasteiger partial charge is 0.439 e. The molecule has 0 aliphatic heterocycles. The highest BCUT2D eigenvalue weighted by Crippen LogP contribution is 2.32. The number of benzene rings is 1. The molecule has 4 nitrogen and oxygen atoms in total. The summed E-state index contributed by atoms with van der Waals surface area (Å²) in [5.41, 5.74) is -0.261. The third-order valence-corrected chi connectivity index (χ3v) is 2.35. The Hall–Kier alpha value is -2.57. The van der Waals surface area contributed by atoms with Gasteiger partial charge in [0.05, 0.1) is 11.8 Å². The van der Waals surface area contributed by atoms with Crippen LogP contribution < -0.4 is 4.74 Å². The van der Waals surface area contributed by atoms with Crippen molar-refractivity contribution in [3.05, 3.63) is 53.7 Å². The molecule has 1 heterocycles. The van der Waals surface area contributed by atoms with E-state index in [1.165, 1.54) is 30.6 Å². The third kappa shape index (κ3) is 3.47. The van der Waals surface area contributed by atoms with Gasteiger partial charge in [0.15, 0.2) is 0 Å². The second-order valence-electron chi connectivity index (χ2n) is 3.80. The van der Waals surface area contributed by atoms with E-state index in [4.69, 9.17) is 9.94 Å². The molecule has 0 bridgehead atoms. The van der Waals surface area contributed by atoms with Crippen LogP contribution in [0.3, 0.4) is 0 Å². The number of oxime groups is 1. The smallest absolute Gasteiger partial charge is 0.416 e. The number of rotatable bonds is 3. The van der Waals surface area contributed by atoms with Crippen LogP contribution in [0.2, 0.25) is 0 Å². The Bertz CT molecular complexity index is 610. The predicted octanol–water partition coefficient (Wildman–Crippen LogP) is 3.70. The minimum absolute atomic E-state index is 0.0379. The van der Waals surface area contributed by atoms with Crippen LogP contribution in [-0.2, 0) is 6.18 Å². The lowest BCUT2D eigenvalue weighted by atomic mass is 10.2. The predicted molar refractivity (Wildman–Crippen MR) is 65.1 cm³/mol. The highest BCUT2D eigenvalue weighted by Gasteiger charge is 2.30. The van der Waals surface area contributed by atoms with Gasteiger partial charge in [-0.1, -0.05) is 11.2 Å². The minimum atomic E-state index is -4.42. The van der Waals surface area contributed by atoms with Gasteiger partial charge >= 0.3 is 6.18 Å². The second kappa shape index (κ2) is 5.60. The first-order valence-electron chi connectivity index (χ1n) is 5.47. The molecule has 1 N–H and O–H groups in total. The van der Waals surface area contributed by atoms with Crippen LogP contribution >= 0.6 is 0 Å². The van der Waals surface area contributed by atoms with Crippen molar-refractivity contribution in [2.45, 2.75) is 6.18 Å². The molecule has 20 heavy (non-hydrogen) atoms. The summed E-state index contributed by atoms with van der Waals surface area (Å²) in [6.45, 7) is 0. The first-order valence-corrected chi connectivity index (χ1v) is 5.47. The first-order chi connectivity index (χ1) is 9.49. The molecular formula is C13H9F3N2O2. The lowest BCUT2D eigenvalue weighted by molar-refractivity contribution is -0.137. The summed E-state index contributed by atoms with van der Waals surface area (Å²) in [4.78, 5) is 3.88. The maximum atomic E-state index is 12.5. The van der Waals surface area contributed by atoms with E-state index in [9.17, 15) is 13.2 Å². The highest BCUT2D eigenvalue weighted by molar-refractivity contribution is 5.78. The molecule has 0 aliphatic rings. The fourth-order valence-corrected chi connectivity index (χ4v) is 1.45. The number of pyridine rings is 1. The van der Waals surface area contributed by atoms with E-state index in [1.807, 2.05) is 0 Å². The molecule has 0 amide bonds. The van der Waals surface area contributed by atoms with Crippen LogP contribution in [-0.4, -0.2) is 16.4 Å². The standard InChI is InChI=1S/C13H9F3N2O2/c14-13(15,16)10-2-1-3-11(6-10)20-12-5-4-9(7-17-12)8-18-19/h1-8,19H. The maximum absolute atomic E-state index is 12.5.